The second-order valence-corrected chi connectivity index (χ2v) is 7.42. The van der Waals surface area contributed by atoms with E-state index in [0.29, 0.717) is 31.3 Å². The van der Waals surface area contributed by atoms with E-state index in [9.17, 15) is 4.79 Å². The summed E-state index contributed by atoms with van der Waals surface area (Å²) in [6.07, 6.45) is 7.27. The van der Waals surface area contributed by atoms with Crippen molar-refractivity contribution in [3.63, 3.8) is 0 Å². The minimum Gasteiger partial charge on any atom is -0.389 e. The first-order chi connectivity index (χ1) is 13.1. The summed E-state index contributed by atoms with van der Waals surface area (Å²) < 4.78 is 2.18. The number of halogens is 2. The van der Waals surface area contributed by atoms with E-state index in [4.69, 9.17) is 28.3 Å². The number of hydrogen-bond acceptors (Lipinski definition) is 4. The van der Waals surface area contributed by atoms with Crippen LogP contribution in [-0.2, 0) is 18.3 Å². The van der Waals surface area contributed by atoms with Gasteiger partial charge < -0.3 is 10.0 Å². The Morgan fingerprint density at radius 3 is 2.59 bits per heavy atom. The van der Waals surface area contributed by atoms with Gasteiger partial charge >= 0.3 is 0 Å². The topological polar surface area (TPSA) is 73.1 Å². The van der Waals surface area contributed by atoms with Crippen molar-refractivity contribution in [2.24, 2.45) is 7.05 Å². The number of anilines is 1. The van der Waals surface area contributed by atoms with Crippen LogP contribution in [0.15, 0.2) is 12.3 Å². The Balaban J connectivity index is 1.96. The number of pyridine rings is 1. The second kappa shape index (κ2) is 11.5. The Morgan fingerprint density at radius 1 is 1.22 bits per heavy atom. The molecule has 0 radical (unpaired) electrons. The maximum absolute atomic E-state index is 11.1. The lowest BCUT2D eigenvalue weighted by molar-refractivity contribution is -0.652. The molecule has 2 N–H and O–H groups in total. The number of carbonyl (C=O) groups is 1. The van der Waals surface area contributed by atoms with E-state index in [-0.39, 0.29) is 12.4 Å². The van der Waals surface area contributed by atoms with Crippen molar-refractivity contribution in [2.45, 2.75) is 38.5 Å². The van der Waals surface area contributed by atoms with Crippen LogP contribution in [-0.4, -0.2) is 52.3 Å². The number of aliphatic hydroxyl groups excluding tert-OH is 1. The number of unbranched alkanes of at least 4 members (excludes halogenated alkanes) is 3. The second-order valence-electron chi connectivity index (χ2n) is 6.67. The fraction of sp³-hybridized carbons (Fsp3) is 0.632. The van der Waals surface area contributed by atoms with E-state index in [1.54, 1.807) is 0 Å². The number of aromatic amines is 1. The normalized spacial score (nSPS) is 11.3. The Kier molecular flexibility index (Phi) is 9.31. The summed E-state index contributed by atoms with van der Waals surface area (Å²) in [6.45, 7) is 1.09. The van der Waals surface area contributed by atoms with Gasteiger partial charge in [-0.3, -0.25) is 4.79 Å². The molecule has 0 aliphatic heterocycles. The Morgan fingerprint density at radius 2 is 1.93 bits per heavy atom. The van der Waals surface area contributed by atoms with E-state index in [0.717, 1.165) is 54.8 Å². The number of rotatable bonds is 13. The number of H-pyrrole nitrogens is 1. The van der Waals surface area contributed by atoms with Crippen molar-refractivity contribution in [3.05, 3.63) is 18.1 Å². The SMILES string of the molecule is C[n+]1c(CCCCCCC(=O)CO)[nH]c2cnc(N(CCCl)CCCl)cc21. The molecule has 0 unspecified atom stereocenters. The Hall–Kier alpha value is -1.37. The Labute approximate surface area is 170 Å². The van der Waals surface area contributed by atoms with Gasteiger partial charge in [-0.15, -0.1) is 23.2 Å². The van der Waals surface area contributed by atoms with Crippen LogP contribution in [0.4, 0.5) is 5.82 Å². The molecule has 2 aromatic heterocycles. The summed E-state index contributed by atoms with van der Waals surface area (Å²) in [5, 5.41) is 8.72. The number of carbonyl (C=O) groups excluding carboxylic acids is 1. The fourth-order valence-corrected chi connectivity index (χ4v) is 3.60. The van der Waals surface area contributed by atoms with E-state index in [2.05, 4.69) is 32.5 Å². The zero-order valence-electron chi connectivity index (χ0n) is 15.9. The lowest BCUT2D eigenvalue weighted by Gasteiger charge is -2.20. The van der Waals surface area contributed by atoms with Gasteiger partial charge in [-0.2, -0.15) is 0 Å². The third kappa shape index (κ3) is 6.33. The van der Waals surface area contributed by atoms with Crippen molar-refractivity contribution in [2.75, 3.05) is 36.4 Å². The van der Waals surface area contributed by atoms with Gasteiger partial charge in [0.25, 0.3) is 5.82 Å². The molecule has 0 spiro atoms. The molecule has 2 heterocycles. The molecule has 27 heavy (non-hydrogen) atoms. The number of fused-ring (bicyclic) bond motifs is 1. The molecule has 150 valence electrons. The highest BCUT2D eigenvalue weighted by atomic mass is 35.5. The monoisotopic (exact) mass is 415 g/mol. The smallest absolute Gasteiger partial charge is 0.254 e. The van der Waals surface area contributed by atoms with Crippen molar-refractivity contribution < 1.29 is 14.5 Å². The van der Waals surface area contributed by atoms with Gasteiger partial charge in [0.15, 0.2) is 16.8 Å². The van der Waals surface area contributed by atoms with E-state index in [1.807, 2.05) is 6.20 Å². The first-order valence-electron chi connectivity index (χ1n) is 9.46. The Bertz CT molecular complexity index is 730. The van der Waals surface area contributed by atoms with Gasteiger partial charge in [-0.1, -0.05) is 12.8 Å². The van der Waals surface area contributed by atoms with Gasteiger partial charge in [0.1, 0.15) is 12.4 Å². The molecule has 0 aromatic carbocycles. The van der Waals surface area contributed by atoms with Gasteiger partial charge in [0.05, 0.1) is 13.2 Å². The van der Waals surface area contributed by atoms with Crippen molar-refractivity contribution in [3.8, 4) is 0 Å². The molecular formula is C19H29Cl2N4O2+. The highest BCUT2D eigenvalue weighted by Gasteiger charge is 2.18. The largest absolute Gasteiger partial charge is 0.389 e. The molecule has 0 saturated heterocycles. The molecule has 2 aromatic rings. The van der Waals surface area contributed by atoms with E-state index in [1.165, 1.54) is 0 Å². The van der Waals surface area contributed by atoms with Gasteiger partial charge in [-0.05, 0) is 12.8 Å². The minimum atomic E-state index is -0.339. The predicted molar refractivity (Wildman–Crippen MR) is 110 cm³/mol. The highest BCUT2D eigenvalue weighted by molar-refractivity contribution is 6.18. The maximum atomic E-state index is 11.1. The number of imidazole rings is 1. The van der Waals surface area contributed by atoms with Crippen LogP contribution >= 0.6 is 23.2 Å². The van der Waals surface area contributed by atoms with Crippen LogP contribution in [0.3, 0.4) is 0 Å². The third-order valence-corrected chi connectivity index (χ3v) is 5.08. The first kappa shape index (κ1) is 21.9. The van der Waals surface area contributed by atoms with Crippen LogP contribution in [0.2, 0.25) is 0 Å². The summed E-state index contributed by atoms with van der Waals surface area (Å²) in [5.74, 6) is 3.04. The number of Topliss-reactive ketones (excluding diaryl/α,β-unsaturated/α-hetero) is 1. The molecule has 0 amide bonds. The molecule has 8 heteroatoms. The number of aliphatic hydroxyl groups is 1. The van der Waals surface area contributed by atoms with Crippen molar-refractivity contribution in [1.82, 2.24) is 9.97 Å². The van der Waals surface area contributed by atoms with Crippen LogP contribution < -0.4 is 9.47 Å². The standard InChI is InChI=1S/C19H28Cl2N4O2/c1-24-17-12-19(25(10-8-20)11-9-21)22-13-16(17)23-18(24)7-5-3-2-4-6-15(27)14-26/h12-13,26H,2-11,14H2,1H3/p+1. The van der Waals surface area contributed by atoms with Gasteiger partial charge in [0, 0.05) is 43.8 Å². The summed E-state index contributed by atoms with van der Waals surface area (Å²) in [7, 11) is 2.06. The van der Waals surface area contributed by atoms with Crippen molar-refractivity contribution in [1.29, 1.82) is 0 Å². The lowest BCUT2D eigenvalue weighted by Crippen LogP contribution is -2.32. The number of alkyl halides is 2. The number of nitrogens with zero attached hydrogens (tertiary/aromatic N) is 3. The maximum Gasteiger partial charge on any atom is 0.254 e. The third-order valence-electron chi connectivity index (χ3n) is 4.74. The molecule has 2 rings (SSSR count). The summed E-state index contributed by atoms with van der Waals surface area (Å²) in [5.41, 5.74) is 2.12. The number of aryl methyl sites for hydroxylation is 2. The number of nitrogens with one attached hydrogen (secondary N) is 1. The molecule has 6 nitrogen and oxygen atoms in total. The molecule has 0 fully saturated rings. The molecule has 0 aliphatic rings. The number of hydrogen-bond donors (Lipinski definition) is 2. The molecule has 0 saturated carbocycles. The van der Waals surface area contributed by atoms with E-state index >= 15 is 0 Å². The molecule has 0 atom stereocenters. The summed E-state index contributed by atoms with van der Waals surface area (Å²) in [4.78, 5) is 21.2. The minimum absolute atomic E-state index is 0.0716. The van der Waals surface area contributed by atoms with E-state index < -0.39 is 0 Å². The zero-order chi connectivity index (χ0) is 19.6. The summed E-state index contributed by atoms with van der Waals surface area (Å²) in [6, 6.07) is 2.08. The predicted octanol–water partition coefficient (Wildman–Crippen LogP) is 2.73. The average molecular weight is 416 g/mol. The molecule has 0 aliphatic carbocycles. The van der Waals surface area contributed by atoms with Crippen LogP contribution in [0, 0.1) is 0 Å². The fourth-order valence-electron chi connectivity index (χ4n) is 3.19. The highest BCUT2D eigenvalue weighted by Crippen LogP contribution is 2.18. The quantitative estimate of drug-likeness (QED) is 0.299. The van der Waals surface area contributed by atoms with Gasteiger partial charge in [-0.25, -0.2) is 14.5 Å². The average Bonchev–Trinajstić information content (AvgIpc) is 2.99. The first-order valence-corrected chi connectivity index (χ1v) is 10.5. The molecule has 0 bridgehead atoms. The van der Waals surface area contributed by atoms with Gasteiger partial charge in [0.2, 0.25) is 0 Å². The van der Waals surface area contributed by atoms with Crippen LogP contribution in [0.1, 0.15) is 37.9 Å². The molecular weight excluding hydrogens is 387 g/mol. The van der Waals surface area contributed by atoms with Crippen LogP contribution in [0.5, 0.6) is 0 Å². The summed E-state index contributed by atoms with van der Waals surface area (Å²) >= 11 is 11.8. The lowest BCUT2D eigenvalue weighted by atomic mass is 10.1. The van der Waals surface area contributed by atoms with Crippen molar-refractivity contribution >= 4 is 45.8 Å². The number of aromatic nitrogens is 3. The zero-order valence-corrected chi connectivity index (χ0v) is 17.4. The number of ketones is 1. The van der Waals surface area contributed by atoms with Crippen LogP contribution in [0.25, 0.3) is 11.0 Å².